The van der Waals surface area contributed by atoms with Crippen LogP contribution in [0.4, 0.5) is 26.3 Å². The Bertz CT molecular complexity index is 1280. The molecule has 2 aliphatic carbocycles. The summed E-state index contributed by atoms with van der Waals surface area (Å²) in [6.45, 7) is 0. The molecule has 0 radical (unpaired) electrons. The predicted octanol–water partition coefficient (Wildman–Crippen LogP) is 3.52. The van der Waals surface area contributed by atoms with Crippen LogP contribution in [0.25, 0.3) is 0 Å². The molecule has 9 nitrogen and oxygen atoms in total. The smallest absolute Gasteiger partial charge is 0.438 e. The fraction of sp³-hybridized carbons (Fsp3) is 0.550. The van der Waals surface area contributed by atoms with Crippen molar-refractivity contribution in [3.8, 4) is 0 Å². The number of rotatable bonds is 6. The van der Waals surface area contributed by atoms with E-state index in [1.165, 1.54) is 12.1 Å². The van der Waals surface area contributed by atoms with E-state index in [1.54, 1.807) is 6.07 Å². The Labute approximate surface area is 236 Å². The lowest BCUT2D eigenvalue weighted by Crippen LogP contribution is -2.64. The third kappa shape index (κ3) is 4.86. The second kappa shape index (κ2) is 9.60. The fourth-order valence-electron chi connectivity index (χ4n) is 5.28. The number of halogens is 8. The number of ether oxygens (including phenoxy) is 3. The van der Waals surface area contributed by atoms with E-state index in [1.807, 2.05) is 45.2 Å². The molecule has 0 spiro atoms. The van der Waals surface area contributed by atoms with Gasteiger partial charge in [0.1, 0.15) is 18.0 Å². The highest BCUT2D eigenvalue weighted by molar-refractivity contribution is 14.1. The van der Waals surface area contributed by atoms with Gasteiger partial charge in [-0.05, 0) is 63.7 Å². The Hall–Kier alpha value is -1.42. The average molecular weight is 798 g/mol. The number of carbonyl (C=O) groups is 3. The molecule has 0 aromatic heterocycles. The summed E-state index contributed by atoms with van der Waals surface area (Å²) in [5, 5.41) is 0. The molecule has 18 heteroatoms. The fourth-order valence-corrected chi connectivity index (χ4v) is 7.26. The van der Waals surface area contributed by atoms with E-state index in [4.69, 9.17) is 14.0 Å². The van der Waals surface area contributed by atoms with Gasteiger partial charge in [0, 0.05) is 19.0 Å². The molecule has 6 unspecified atom stereocenters. The van der Waals surface area contributed by atoms with Gasteiger partial charge < -0.3 is 14.2 Å². The van der Waals surface area contributed by atoms with Gasteiger partial charge in [0.2, 0.25) is 0 Å². The van der Waals surface area contributed by atoms with E-state index in [9.17, 15) is 49.1 Å². The van der Waals surface area contributed by atoms with E-state index >= 15 is 0 Å². The molecule has 3 fully saturated rings. The van der Waals surface area contributed by atoms with Crippen LogP contribution in [-0.4, -0.2) is 66.8 Å². The molecule has 1 N–H and O–H groups in total. The van der Waals surface area contributed by atoms with E-state index < -0.39 is 87.6 Å². The van der Waals surface area contributed by atoms with Crippen LogP contribution in [0.3, 0.4) is 0 Å². The molecule has 2 bridgehead atoms. The first-order chi connectivity index (χ1) is 17.3. The minimum atomic E-state index is -6.53. The number of esters is 3. The normalized spacial score (nSPS) is 28.8. The van der Waals surface area contributed by atoms with E-state index in [0.29, 0.717) is 7.14 Å². The quantitative estimate of drug-likeness (QED) is 0.151. The Balaban J connectivity index is 1.68. The molecule has 1 saturated heterocycles. The summed E-state index contributed by atoms with van der Waals surface area (Å²) >= 11 is 3.80. The molecule has 1 aromatic rings. The summed E-state index contributed by atoms with van der Waals surface area (Å²) in [7, 11) is -5.99. The maximum atomic E-state index is 13.7. The van der Waals surface area contributed by atoms with E-state index in [0.717, 1.165) is 0 Å². The highest BCUT2D eigenvalue weighted by Gasteiger charge is 2.77. The third-order valence-electron chi connectivity index (χ3n) is 6.81. The van der Waals surface area contributed by atoms with Crippen LogP contribution in [0.5, 0.6) is 0 Å². The Morgan fingerprint density at radius 3 is 2.24 bits per heavy atom. The second-order valence-electron chi connectivity index (χ2n) is 8.96. The second-order valence-corrected chi connectivity index (χ2v) is 12.7. The van der Waals surface area contributed by atoms with Crippen molar-refractivity contribution in [2.24, 2.45) is 23.7 Å². The van der Waals surface area contributed by atoms with Crippen molar-refractivity contribution < 1.29 is 67.9 Å². The monoisotopic (exact) mass is 798 g/mol. The molecule has 4 rings (SSSR count). The van der Waals surface area contributed by atoms with Gasteiger partial charge >= 0.3 is 35.9 Å². The summed E-state index contributed by atoms with van der Waals surface area (Å²) in [6, 6.07) is 4.63. The van der Waals surface area contributed by atoms with Crippen LogP contribution >= 0.6 is 45.2 Å². The third-order valence-corrected chi connectivity index (χ3v) is 10.7. The van der Waals surface area contributed by atoms with Gasteiger partial charge in [0.05, 0.1) is 17.4 Å². The number of hydrogen-bond donors (Lipinski definition) is 1. The molecule has 1 heterocycles. The molecule has 38 heavy (non-hydrogen) atoms. The Morgan fingerprint density at radius 1 is 1.08 bits per heavy atom. The molecule has 3 aliphatic rings. The van der Waals surface area contributed by atoms with Gasteiger partial charge in [-0.2, -0.15) is 34.8 Å². The Kier molecular flexibility index (Phi) is 7.47. The zero-order valence-electron chi connectivity index (χ0n) is 18.3. The topological polar surface area (TPSA) is 133 Å². The van der Waals surface area contributed by atoms with Crippen LogP contribution < -0.4 is 0 Å². The number of alkyl halides is 6. The van der Waals surface area contributed by atoms with Gasteiger partial charge in [0.15, 0.2) is 0 Å². The van der Waals surface area contributed by atoms with Crippen LogP contribution in [0, 0.1) is 30.8 Å². The summed E-state index contributed by atoms with van der Waals surface area (Å²) in [5.41, 5.74) is -5.54. The molecule has 2 saturated carbocycles. The largest absolute Gasteiger partial charge is 0.458 e. The van der Waals surface area contributed by atoms with Gasteiger partial charge in [-0.3, -0.25) is 14.1 Å². The lowest BCUT2D eigenvalue weighted by Gasteiger charge is -2.38. The lowest BCUT2D eigenvalue weighted by atomic mass is 9.78. The average Bonchev–Trinajstić information content (AvgIpc) is 3.36. The van der Waals surface area contributed by atoms with Crippen molar-refractivity contribution >= 4 is 73.2 Å². The van der Waals surface area contributed by atoms with Gasteiger partial charge in [0.25, 0.3) is 10.1 Å². The van der Waals surface area contributed by atoms with Crippen molar-refractivity contribution in [1.29, 1.82) is 0 Å². The first-order valence-corrected chi connectivity index (χ1v) is 14.2. The summed E-state index contributed by atoms with van der Waals surface area (Å²) in [4.78, 5) is 38.2. The van der Waals surface area contributed by atoms with Crippen molar-refractivity contribution in [2.45, 2.75) is 36.6 Å². The summed E-state index contributed by atoms with van der Waals surface area (Å²) < 4.78 is 129. The molecular formula is C20H14F6I2O9S. The summed E-state index contributed by atoms with van der Waals surface area (Å²) in [6.07, 6.45) is -15.7. The van der Waals surface area contributed by atoms with Crippen LogP contribution in [0.15, 0.2) is 18.2 Å². The molecule has 210 valence electrons. The van der Waals surface area contributed by atoms with E-state index in [-0.39, 0.29) is 12.0 Å². The minimum absolute atomic E-state index is 0.0848. The first kappa shape index (κ1) is 29.6. The van der Waals surface area contributed by atoms with Gasteiger partial charge in [-0.15, -0.1) is 0 Å². The lowest BCUT2D eigenvalue weighted by molar-refractivity contribution is -0.362. The van der Waals surface area contributed by atoms with Crippen molar-refractivity contribution in [3.05, 3.63) is 30.9 Å². The van der Waals surface area contributed by atoms with Crippen LogP contribution in [-0.2, 0) is 33.9 Å². The number of hydrogen-bond acceptors (Lipinski definition) is 8. The molecule has 6 atom stereocenters. The minimum Gasteiger partial charge on any atom is -0.458 e. The highest BCUT2D eigenvalue weighted by Crippen LogP contribution is 2.60. The van der Waals surface area contributed by atoms with Crippen LogP contribution in [0.1, 0.15) is 16.8 Å². The number of fused-ring (bicyclic) bond motifs is 1. The number of carbonyl (C=O) groups excluding carboxylic acids is 3. The molecular weight excluding hydrogens is 784 g/mol. The standard InChI is InChI=1S/C20H14F6I2O9S/c21-19(22,23)18(20(24,25)26,5-38(32,33)34)37-17(31)11-8-4-7-10(11)16(30)36-14(7)13(8)35-15(29)6-2-1-3-9(27)12(6)28/h1-3,7-8,10-11,13-14H,4-5H2,(H,32,33,34). The van der Waals surface area contributed by atoms with E-state index in [2.05, 4.69) is 4.74 Å². The predicted molar refractivity (Wildman–Crippen MR) is 127 cm³/mol. The van der Waals surface area contributed by atoms with Crippen molar-refractivity contribution in [2.75, 3.05) is 5.75 Å². The molecule has 0 amide bonds. The van der Waals surface area contributed by atoms with Crippen molar-refractivity contribution in [1.82, 2.24) is 0 Å². The highest BCUT2D eigenvalue weighted by atomic mass is 127. The number of benzene rings is 1. The van der Waals surface area contributed by atoms with Gasteiger partial charge in [-0.1, -0.05) is 6.07 Å². The molecule has 1 aromatic carbocycles. The van der Waals surface area contributed by atoms with Crippen LogP contribution in [0.2, 0.25) is 0 Å². The zero-order valence-corrected chi connectivity index (χ0v) is 23.4. The Morgan fingerprint density at radius 2 is 1.68 bits per heavy atom. The van der Waals surface area contributed by atoms with Crippen molar-refractivity contribution in [3.63, 3.8) is 0 Å². The summed E-state index contributed by atoms with van der Waals surface area (Å²) in [5.74, 6) is -12.9. The van der Waals surface area contributed by atoms with Gasteiger partial charge in [-0.25, -0.2) is 4.79 Å². The zero-order chi connectivity index (χ0) is 28.6. The first-order valence-electron chi connectivity index (χ1n) is 10.5. The SMILES string of the molecule is O=C(OC1C2CC3C1OC(=O)C3C2C(=O)OC(CS(=O)(=O)O)(C(F)(F)F)C(F)(F)F)c1cccc(I)c1I. The molecule has 1 aliphatic heterocycles. The maximum Gasteiger partial charge on any atom is 0.438 e. The maximum absolute atomic E-state index is 13.7.